The molecule has 0 N–H and O–H groups in total. The summed E-state index contributed by atoms with van der Waals surface area (Å²) in [6, 6.07) is 9.89. The Morgan fingerprint density at radius 2 is 1.94 bits per heavy atom. The number of nitrogens with zero attached hydrogens (tertiary/aromatic N) is 2. The Kier molecular flexibility index (Phi) is 2.49. The molecule has 2 aliphatic rings. The first-order chi connectivity index (χ1) is 8.36. The highest BCUT2D eigenvalue weighted by Crippen LogP contribution is 2.29. The van der Waals surface area contributed by atoms with Crippen LogP contribution in [0.4, 0.5) is 0 Å². The minimum atomic E-state index is 0.853. The van der Waals surface area contributed by atoms with E-state index in [4.69, 9.17) is 4.74 Å². The monoisotopic (exact) mass is 242 g/mol. The first-order valence-corrected chi connectivity index (χ1v) is 6.09. The molecular formula is C13H10N2OS. The van der Waals surface area contributed by atoms with E-state index < -0.39 is 0 Å². The van der Waals surface area contributed by atoms with Crippen LogP contribution in [-0.4, -0.2) is 17.1 Å². The van der Waals surface area contributed by atoms with Crippen molar-refractivity contribution in [2.45, 2.75) is 0 Å². The van der Waals surface area contributed by atoms with Gasteiger partial charge < -0.3 is 4.74 Å². The minimum absolute atomic E-state index is 0.853. The van der Waals surface area contributed by atoms with Crippen molar-refractivity contribution in [1.29, 1.82) is 0 Å². The van der Waals surface area contributed by atoms with Crippen LogP contribution >= 0.6 is 11.3 Å². The van der Waals surface area contributed by atoms with Gasteiger partial charge in [-0.1, -0.05) is 0 Å². The first kappa shape index (κ1) is 10.2. The van der Waals surface area contributed by atoms with Crippen LogP contribution in [0.3, 0.4) is 0 Å². The third-order valence-electron chi connectivity index (χ3n) is 2.55. The van der Waals surface area contributed by atoms with E-state index in [1.807, 2.05) is 35.7 Å². The van der Waals surface area contributed by atoms with Gasteiger partial charge in [-0.3, -0.25) is 4.98 Å². The van der Waals surface area contributed by atoms with Crippen LogP contribution in [0.25, 0.3) is 22.0 Å². The van der Waals surface area contributed by atoms with Gasteiger partial charge in [0.2, 0.25) is 0 Å². The molecule has 3 nitrogen and oxygen atoms in total. The molecule has 1 aromatic rings. The molecule has 0 spiro atoms. The van der Waals surface area contributed by atoms with Crippen LogP contribution in [-0.2, 0) is 0 Å². The van der Waals surface area contributed by atoms with Crippen LogP contribution in [0, 0.1) is 0 Å². The predicted molar refractivity (Wildman–Crippen MR) is 68.5 cm³/mol. The Bertz CT molecular complexity index is 573. The molecule has 2 heterocycles. The average molecular weight is 242 g/mol. The molecule has 1 aromatic carbocycles. The zero-order valence-electron chi connectivity index (χ0n) is 9.25. The second kappa shape index (κ2) is 4.14. The van der Waals surface area contributed by atoms with Gasteiger partial charge in [-0.05, 0) is 30.3 Å². The van der Waals surface area contributed by atoms with E-state index in [-0.39, 0.29) is 0 Å². The predicted octanol–water partition coefficient (Wildman–Crippen LogP) is 3.32. The highest BCUT2D eigenvalue weighted by atomic mass is 32.1. The zero-order valence-corrected chi connectivity index (χ0v) is 10.1. The van der Waals surface area contributed by atoms with Crippen molar-refractivity contribution in [3.05, 3.63) is 41.9 Å². The van der Waals surface area contributed by atoms with Gasteiger partial charge in [0.05, 0.1) is 12.8 Å². The lowest BCUT2D eigenvalue weighted by molar-refractivity contribution is 0.415. The summed E-state index contributed by atoms with van der Waals surface area (Å²) in [5.74, 6) is 0.853. The van der Waals surface area contributed by atoms with Crippen LogP contribution in [0.15, 0.2) is 41.9 Å². The first-order valence-electron chi connectivity index (χ1n) is 5.21. The highest BCUT2D eigenvalue weighted by Gasteiger charge is 2.10. The molecule has 2 aliphatic heterocycles. The molecule has 0 aromatic heterocycles. The summed E-state index contributed by atoms with van der Waals surface area (Å²) >= 11 is 1.60. The fraction of sp³-hybridized carbons (Fsp3) is 0.0769. The maximum absolute atomic E-state index is 5.13. The van der Waals surface area contributed by atoms with E-state index in [1.54, 1.807) is 24.6 Å². The second-order valence-corrected chi connectivity index (χ2v) is 4.49. The Balaban J connectivity index is 2.05. The summed E-state index contributed by atoms with van der Waals surface area (Å²) in [6.07, 6.45) is 1.80. The molecule has 0 amide bonds. The summed E-state index contributed by atoms with van der Waals surface area (Å²) < 4.78 is 5.13. The van der Waals surface area contributed by atoms with Crippen molar-refractivity contribution in [3.63, 3.8) is 0 Å². The smallest absolute Gasteiger partial charge is 0.142 e. The summed E-state index contributed by atoms with van der Waals surface area (Å²) in [5.41, 5.74) is 2.98. The number of methoxy groups -OCH3 is 1. The van der Waals surface area contributed by atoms with Crippen molar-refractivity contribution in [3.8, 4) is 27.7 Å². The summed E-state index contributed by atoms with van der Waals surface area (Å²) in [4.78, 5) is 8.84. The molecule has 0 aliphatic carbocycles. The van der Waals surface area contributed by atoms with Gasteiger partial charge in [-0.25, -0.2) is 4.98 Å². The average Bonchev–Trinajstić information content (AvgIpc) is 2.82. The standard InChI is InChI=1S/C13H10N2OS/c1-16-10-4-2-9(3-5-10)11-8-12-13(15-11)17-7-6-14-12/h2-8H,1H3. The number of benzene rings is 1. The molecule has 84 valence electrons. The quantitative estimate of drug-likeness (QED) is 0.691. The third-order valence-corrected chi connectivity index (χ3v) is 3.34. The molecule has 0 saturated carbocycles. The van der Waals surface area contributed by atoms with Crippen molar-refractivity contribution >= 4 is 11.3 Å². The van der Waals surface area contributed by atoms with E-state index >= 15 is 0 Å². The molecule has 17 heavy (non-hydrogen) atoms. The van der Waals surface area contributed by atoms with E-state index in [2.05, 4.69) is 9.97 Å². The van der Waals surface area contributed by atoms with Gasteiger partial charge in [0.15, 0.2) is 0 Å². The molecule has 0 fully saturated rings. The van der Waals surface area contributed by atoms with Gasteiger partial charge in [0.25, 0.3) is 0 Å². The molecule has 0 atom stereocenters. The summed E-state index contributed by atoms with van der Waals surface area (Å²) in [5, 5.41) is 2.91. The lowest BCUT2D eigenvalue weighted by Crippen LogP contribution is -1.82. The van der Waals surface area contributed by atoms with Crippen molar-refractivity contribution < 1.29 is 4.74 Å². The third kappa shape index (κ3) is 1.87. The van der Waals surface area contributed by atoms with E-state index in [0.717, 1.165) is 27.7 Å². The number of ether oxygens (including phenoxy) is 1. The molecule has 0 bridgehead atoms. The molecule has 0 unspecified atom stereocenters. The fourth-order valence-electron chi connectivity index (χ4n) is 1.68. The topological polar surface area (TPSA) is 35.0 Å². The van der Waals surface area contributed by atoms with Crippen LogP contribution in [0.5, 0.6) is 5.75 Å². The summed E-state index contributed by atoms with van der Waals surface area (Å²) in [6.45, 7) is 0. The van der Waals surface area contributed by atoms with Crippen LogP contribution in [0.1, 0.15) is 0 Å². The Morgan fingerprint density at radius 1 is 1.12 bits per heavy atom. The van der Waals surface area contributed by atoms with Gasteiger partial charge in [-0.2, -0.15) is 0 Å². The normalized spacial score (nSPS) is 10.6. The van der Waals surface area contributed by atoms with Gasteiger partial charge in [0.1, 0.15) is 16.5 Å². The summed E-state index contributed by atoms with van der Waals surface area (Å²) in [7, 11) is 1.66. The number of rotatable bonds is 2. The Hall–Kier alpha value is -1.94. The van der Waals surface area contributed by atoms with Crippen molar-refractivity contribution in [1.82, 2.24) is 9.97 Å². The number of fused-ring (bicyclic) bond motifs is 1. The van der Waals surface area contributed by atoms with Crippen LogP contribution in [0.2, 0.25) is 0 Å². The molecule has 4 heteroatoms. The van der Waals surface area contributed by atoms with Gasteiger partial charge >= 0.3 is 0 Å². The van der Waals surface area contributed by atoms with Crippen molar-refractivity contribution in [2.75, 3.05) is 7.11 Å². The van der Waals surface area contributed by atoms with Crippen LogP contribution < -0.4 is 4.74 Å². The van der Waals surface area contributed by atoms with Gasteiger partial charge in [-0.15, -0.1) is 11.3 Å². The molecular weight excluding hydrogens is 232 g/mol. The van der Waals surface area contributed by atoms with E-state index in [9.17, 15) is 0 Å². The molecule has 3 rings (SSSR count). The second-order valence-electron chi connectivity index (χ2n) is 3.59. The highest BCUT2D eigenvalue weighted by molar-refractivity contribution is 7.12. The lowest BCUT2D eigenvalue weighted by Gasteiger charge is -2.00. The zero-order chi connectivity index (χ0) is 11.7. The Morgan fingerprint density at radius 3 is 2.65 bits per heavy atom. The SMILES string of the molecule is COc1ccc(-c2cc3nccsc-3n2)cc1. The molecule has 0 radical (unpaired) electrons. The lowest BCUT2D eigenvalue weighted by atomic mass is 10.1. The van der Waals surface area contributed by atoms with Gasteiger partial charge in [0, 0.05) is 17.1 Å². The fourth-order valence-corrected chi connectivity index (χ4v) is 2.32. The maximum atomic E-state index is 5.13. The molecule has 0 saturated heterocycles. The maximum Gasteiger partial charge on any atom is 0.142 e. The largest absolute Gasteiger partial charge is 0.497 e. The number of hydrogen-bond acceptors (Lipinski definition) is 4. The number of hydrogen-bond donors (Lipinski definition) is 0. The van der Waals surface area contributed by atoms with Crippen molar-refractivity contribution in [2.24, 2.45) is 0 Å². The number of aromatic nitrogens is 2. The van der Waals surface area contributed by atoms with E-state index in [0.29, 0.717) is 0 Å². The minimum Gasteiger partial charge on any atom is -0.497 e. The van der Waals surface area contributed by atoms with E-state index in [1.165, 1.54) is 0 Å². The Labute approximate surface area is 103 Å².